The molecule has 1 unspecified atom stereocenters. The number of amides is 2. The smallest absolute Gasteiger partial charge is 0.339 e. The SMILES string of the molecule is C=CC(c1cc2ccccc2s1)N(O)C(N)=O. The third-order valence-corrected chi connectivity index (χ3v) is 3.64. The van der Waals surface area contributed by atoms with Gasteiger partial charge in [-0.25, -0.2) is 4.79 Å². The van der Waals surface area contributed by atoms with E-state index in [-0.39, 0.29) is 0 Å². The quantitative estimate of drug-likeness (QED) is 0.498. The molecule has 1 aromatic heterocycles. The molecule has 2 rings (SSSR count). The summed E-state index contributed by atoms with van der Waals surface area (Å²) in [6, 6.07) is 8.25. The minimum Gasteiger partial charge on any atom is -0.350 e. The zero-order chi connectivity index (χ0) is 12.4. The van der Waals surface area contributed by atoms with Crippen LogP contribution in [0.5, 0.6) is 0 Å². The first-order valence-electron chi connectivity index (χ1n) is 5.02. The van der Waals surface area contributed by atoms with Crippen LogP contribution in [0.2, 0.25) is 0 Å². The molecule has 0 radical (unpaired) electrons. The van der Waals surface area contributed by atoms with Crippen molar-refractivity contribution in [1.29, 1.82) is 0 Å². The Bertz CT molecular complexity index is 531. The van der Waals surface area contributed by atoms with Gasteiger partial charge in [0.1, 0.15) is 6.04 Å². The van der Waals surface area contributed by atoms with Gasteiger partial charge in [-0.3, -0.25) is 5.21 Å². The lowest BCUT2D eigenvalue weighted by Gasteiger charge is -2.19. The van der Waals surface area contributed by atoms with Crippen molar-refractivity contribution in [3.63, 3.8) is 0 Å². The van der Waals surface area contributed by atoms with Crippen molar-refractivity contribution in [1.82, 2.24) is 5.06 Å². The number of primary amides is 1. The number of rotatable bonds is 3. The number of nitrogens with zero attached hydrogens (tertiary/aromatic N) is 1. The predicted octanol–water partition coefficient (Wildman–Crippen LogP) is 2.90. The van der Waals surface area contributed by atoms with Crippen LogP contribution in [0.1, 0.15) is 10.9 Å². The number of carbonyl (C=O) groups excluding carboxylic acids is 1. The van der Waals surface area contributed by atoms with Gasteiger partial charge in [0.2, 0.25) is 0 Å². The summed E-state index contributed by atoms with van der Waals surface area (Å²) in [7, 11) is 0. The summed E-state index contributed by atoms with van der Waals surface area (Å²) < 4.78 is 1.09. The maximum absolute atomic E-state index is 10.9. The minimum absolute atomic E-state index is 0.484. The second-order valence-electron chi connectivity index (χ2n) is 3.55. The number of hydrogen-bond donors (Lipinski definition) is 2. The number of thiophene rings is 1. The first-order valence-corrected chi connectivity index (χ1v) is 5.83. The fourth-order valence-electron chi connectivity index (χ4n) is 1.62. The van der Waals surface area contributed by atoms with Crippen LogP contribution in [0.15, 0.2) is 43.0 Å². The van der Waals surface area contributed by atoms with Gasteiger partial charge in [0.05, 0.1) is 0 Å². The van der Waals surface area contributed by atoms with Crippen LogP contribution in [0.25, 0.3) is 10.1 Å². The maximum Gasteiger partial charge on any atom is 0.339 e. The van der Waals surface area contributed by atoms with E-state index in [0.29, 0.717) is 5.06 Å². The van der Waals surface area contributed by atoms with Gasteiger partial charge in [-0.15, -0.1) is 17.9 Å². The molecule has 5 heteroatoms. The highest BCUT2D eigenvalue weighted by Gasteiger charge is 2.20. The van der Waals surface area contributed by atoms with Gasteiger partial charge in [0.25, 0.3) is 0 Å². The summed E-state index contributed by atoms with van der Waals surface area (Å²) in [5.41, 5.74) is 5.04. The highest BCUT2D eigenvalue weighted by atomic mass is 32.1. The highest BCUT2D eigenvalue weighted by molar-refractivity contribution is 7.19. The molecule has 1 aromatic carbocycles. The summed E-state index contributed by atoms with van der Waals surface area (Å²) in [5.74, 6) is 0. The average molecular weight is 248 g/mol. The van der Waals surface area contributed by atoms with E-state index in [1.54, 1.807) is 0 Å². The van der Waals surface area contributed by atoms with Crippen molar-refractivity contribution in [3.8, 4) is 0 Å². The Kier molecular flexibility index (Phi) is 3.12. The largest absolute Gasteiger partial charge is 0.350 e. The molecule has 0 spiro atoms. The molecule has 17 heavy (non-hydrogen) atoms. The molecule has 1 atom stereocenters. The van der Waals surface area contributed by atoms with E-state index in [4.69, 9.17) is 5.73 Å². The van der Waals surface area contributed by atoms with Crippen LogP contribution in [0.4, 0.5) is 4.79 Å². The van der Waals surface area contributed by atoms with Gasteiger partial charge in [-0.05, 0) is 17.5 Å². The molecule has 0 saturated carbocycles. The predicted molar refractivity (Wildman–Crippen MR) is 68.0 cm³/mol. The van der Waals surface area contributed by atoms with Gasteiger partial charge in [0.15, 0.2) is 0 Å². The summed E-state index contributed by atoms with van der Waals surface area (Å²) >= 11 is 1.49. The fourth-order valence-corrected chi connectivity index (χ4v) is 2.77. The molecule has 2 amide bonds. The zero-order valence-electron chi connectivity index (χ0n) is 9.04. The van der Waals surface area contributed by atoms with Crippen LogP contribution in [0.3, 0.4) is 0 Å². The molecule has 88 valence electrons. The van der Waals surface area contributed by atoms with Crippen molar-refractivity contribution < 1.29 is 10.0 Å². The normalized spacial score (nSPS) is 12.3. The Balaban J connectivity index is 2.43. The number of nitrogens with two attached hydrogens (primary N) is 1. The Morgan fingerprint density at radius 1 is 1.53 bits per heavy atom. The topological polar surface area (TPSA) is 66.6 Å². The molecule has 0 aliphatic carbocycles. The summed E-state index contributed by atoms with van der Waals surface area (Å²) in [5, 5.41) is 11.1. The molecule has 0 aliphatic rings. The molecule has 3 N–H and O–H groups in total. The summed E-state index contributed by atoms with van der Waals surface area (Å²) in [4.78, 5) is 11.8. The lowest BCUT2D eigenvalue weighted by Crippen LogP contribution is -2.34. The van der Waals surface area contributed by atoms with Gasteiger partial charge in [-0.1, -0.05) is 24.3 Å². The Morgan fingerprint density at radius 3 is 2.82 bits per heavy atom. The van der Waals surface area contributed by atoms with Crippen molar-refractivity contribution in [2.75, 3.05) is 0 Å². The summed E-state index contributed by atoms with van der Waals surface area (Å²) in [6.07, 6.45) is 1.48. The first-order chi connectivity index (χ1) is 8.13. The van der Waals surface area contributed by atoms with E-state index in [1.807, 2.05) is 30.3 Å². The van der Waals surface area contributed by atoms with Crippen LogP contribution in [0, 0.1) is 0 Å². The number of carbonyl (C=O) groups is 1. The van der Waals surface area contributed by atoms with Crippen molar-refractivity contribution >= 4 is 27.5 Å². The zero-order valence-corrected chi connectivity index (χ0v) is 9.85. The molecule has 0 bridgehead atoms. The average Bonchev–Trinajstić information content (AvgIpc) is 2.72. The number of fused-ring (bicyclic) bond motifs is 1. The van der Waals surface area contributed by atoms with Crippen molar-refractivity contribution in [3.05, 3.63) is 47.9 Å². The second-order valence-corrected chi connectivity index (χ2v) is 4.67. The van der Waals surface area contributed by atoms with Crippen LogP contribution in [-0.2, 0) is 0 Å². The summed E-state index contributed by atoms with van der Waals surface area (Å²) in [6.45, 7) is 3.61. The minimum atomic E-state index is -0.896. The highest BCUT2D eigenvalue weighted by Crippen LogP contribution is 2.32. The molecule has 0 fully saturated rings. The third kappa shape index (κ3) is 2.15. The van der Waals surface area contributed by atoms with E-state index in [0.717, 1.165) is 15.0 Å². The number of hydrogen-bond acceptors (Lipinski definition) is 3. The van der Waals surface area contributed by atoms with E-state index in [1.165, 1.54) is 17.4 Å². The number of urea groups is 1. The van der Waals surface area contributed by atoms with E-state index < -0.39 is 12.1 Å². The van der Waals surface area contributed by atoms with E-state index in [9.17, 15) is 10.0 Å². The standard InChI is InChI=1S/C12H12N2O2S/c1-2-9(14(16)12(13)15)11-7-8-5-3-4-6-10(8)17-11/h2-7,9,16H,1H2,(H2,13,15). The van der Waals surface area contributed by atoms with Gasteiger partial charge in [-0.2, -0.15) is 5.06 Å². The van der Waals surface area contributed by atoms with Crippen LogP contribution in [-0.4, -0.2) is 16.3 Å². The lowest BCUT2D eigenvalue weighted by atomic mass is 10.2. The molecule has 0 saturated heterocycles. The van der Waals surface area contributed by atoms with Gasteiger partial charge >= 0.3 is 6.03 Å². The van der Waals surface area contributed by atoms with Crippen LogP contribution >= 0.6 is 11.3 Å². The van der Waals surface area contributed by atoms with E-state index in [2.05, 4.69) is 6.58 Å². The van der Waals surface area contributed by atoms with E-state index >= 15 is 0 Å². The third-order valence-electron chi connectivity index (χ3n) is 2.45. The second kappa shape index (κ2) is 4.57. The first kappa shape index (κ1) is 11.6. The molecule has 4 nitrogen and oxygen atoms in total. The fraction of sp³-hybridized carbons (Fsp3) is 0.0833. The van der Waals surface area contributed by atoms with Crippen molar-refractivity contribution in [2.24, 2.45) is 5.73 Å². The van der Waals surface area contributed by atoms with Crippen LogP contribution < -0.4 is 5.73 Å². The molecule has 0 aliphatic heterocycles. The molecule has 2 aromatic rings. The Morgan fingerprint density at radius 2 is 2.24 bits per heavy atom. The lowest BCUT2D eigenvalue weighted by molar-refractivity contribution is -0.0614. The maximum atomic E-state index is 10.9. The van der Waals surface area contributed by atoms with Crippen molar-refractivity contribution in [2.45, 2.75) is 6.04 Å². The number of benzene rings is 1. The Hall–Kier alpha value is -1.85. The molecular weight excluding hydrogens is 236 g/mol. The monoisotopic (exact) mass is 248 g/mol. The molecular formula is C12H12N2O2S. The molecule has 1 heterocycles. The Labute approximate surface area is 103 Å². The van der Waals surface area contributed by atoms with Gasteiger partial charge in [0, 0.05) is 9.58 Å². The van der Waals surface area contributed by atoms with Gasteiger partial charge < -0.3 is 5.73 Å². The number of hydroxylamine groups is 2.